The van der Waals surface area contributed by atoms with E-state index in [0.29, 0.717) is 32.5 Å². The lowest BCUT2D eigenvalue weighted by Gasteiger charge is -2.40. The Labute approximate surface area is 151 Å². The quantitative estimate of drug-likeness (QED) is 0.908. The molecule has 1 spiro atoms. The fourth-order valence-electron chi connectivity index (χ4n) is 4.14. The summed E-state index contributed by atoms with van der Waals surface area (Å²) >= 11 is 0. The third-order valence-electron chi connectivity index (χ3n) is 5.64. The zero-order chi connectivity index (χ0) is 18.1. The number of carbonyl (C=O) groups excluding carboxylic acids is 2. The summed E-state index contributed by atoms with van der Waals surface area (Å²) in [4.78, 5) is 27.0. The van der Waals surface area contributed by atoms with Gasteiger partial charge in [0.25, 0.3) is 11.8 Å². The largest absolute Gasteiger partial charge is 0.479 e. The van der Waals surface area contributed by atoms with Gasteiger partial charge in [-0.25, -0.2) is 0 Å². The Morgan fingerprint density at radius 1 is 1.31 bits per heavy atom. The first-order valence-electron chi connectivity index (χ1n) is 8.77. The van der Waals surface area contributed by atoms with Crippen molar-refractivity contribution < 1.29 is 18.8 Å². The summed E-state index contributed by atoms with van der Waals surface area (Å²) in [5.41, 5.74) is 0.725. The fraction of sp³-hybridized carbons (Fsp3) is 0.421. The van der Waals surface area contributed by atoms with Gasteiger partial charge in [-0.3, -0.25) is 9.59 Å². The van der Waals surface area contributed by atoms with E-state index < -0.39 is 5.41 Å². The van der Waals surface area contributed by atoms with Crippen molar-refractivity contribution in [1.29, 1.82) is 0 Å². The van der Waals surface area contributed by atoms with Crippen molar-refractivity contribution in [3.8, 4) is 5.88 Å². The molecule has 0 aliphatic carbocycles. The van der Waals surface area contributed by atoms with Gasteiger partial charge in [0, 0.05) is 25.6 Å². The summed E-state index contributed by atoms with van der Waals surface area (Å²) in [6, 6.07) is 11.6. The van der Waals surface area contributed by atoms with Crippen LogP contribution < -0.4 is 10.1 Å². The molecule has 0 saturated carbocycles. The van der Waals surface area contributed by atoms with Crippen LogP contribution >= 0.6 is 0 Å². The van der Waals surface area contributed by atoms with Crippen LogP contribution in [0.15, 0.2) is 40.9 Å². The SMILES string of the molecule is COc1cc(C(=O)N2CCC3(CC2)C(=O)NCC3c2ccccc2)on1. The van der Waals surface area contributed by atoms with Gasteiger partial charge in [0.15, 0.2) is 0 Å². The van der Waals surface area contributed by atoms with Gasteiger partial charge in [-0.15, -0.1) is 0 Å². The highest BCUT2D eigenvalue weighted by molar-refractivity contribution is 5.92. The van der Waals surface area contributed by atoms with Crippen LogP contribution in [0.5, 0.6) is 5.88 Å². The van der Waals surface area contributed by atoms with E-state index in [2.05, 4.69) is 22.6 Å². The van der Waals surface area contributed by atoms with Crippen molar-refractivity contribution in [2.24, 2.45) is 5.41 Å². The third kappa shape index (κ3) is 2.64. The molecule has 26 heavy (non-hydrogen) atoms. The number of likely N-dealkylation sites (tertiary alicyclic amines) is 1. The number of amides is 2. The van der Waals surface area contributed by atoms with E-state index in [1.165, 1.54) is 18.7 Å². The lowest BCUT2D eigenvalue weighted by molar-refractivity contribution is -0.130. The van der Waals surface area contributed by atoms with Crippen LogP contribution in [0.2, 0.25) is 0 Å². The number of methoxy groups -OCH3 is 1. The summed E-state index contributed by atoms with van der Waals surface area (Å²) in [5, 5.41) is 6.70. The first-order valence-corrected chi connectivity index (χ1v) is 8.77. The summed E-state index contributed by atoms with van der Waals surface area (Å²) in [6.45, 7) is 1.67. The molecule has 2 saturated heterocycles. The molecule has 1 N–H and O–H groups in total. The average Bonchev–Trinajstić information content (AvgIpc) is 3.28. The second-order valence-electron chi connectivity index (χ2n) is 6.86. The first-order chi connectivity index (χ1) is 12.6. The number of carbonyl (C=O) groups is 2. The van der Waals surface area contributed by atoms with Gasteiger partial charge in [-0.1, -0.05) is 30.3 Å². The minimum absolute atomic E-state index is 0.0970. The molecule has 3 heterocycles. The van der Waals surface area contributed by atoms with E-state index in [4.69, 9.17) is 9.26 Å². The minimum Gasteiger partial charge on any atom is -0.479 e. The second-order valence-corrected chi connectivity index (χ2v) is 6.86. The van der Waals surface area contributed by atoms with Gasteiger partial charge in [-0.2, -0.15) is 0 Å². The highest BCUT2D eigenvalue weighted by Crippen LogP contribution is 2.47. The average molecular weight is 355 g/mol. The molecule has 2 fully saturated rings. The Balaban J connectivity index is 1.51. The normalized spacial score (nSPS) is 21.7. The Hall–Kier alpha value is -2.83. The molecule has 0 bridgehead atoms. The van der Waals surface area contributed by atoms with Crippen molar-refractivity contribution >= 4 is 11.8 Å². The van der Waals surface area contributed by atoms with Crippen molar-refractivity contribution in [3.05, 3.63) is 47.7 Å². The van der Waals surface area contributed by atoms with Crippen LogP contribution in [0.3, 0.4) is 0 Å². The number of nitrogens with zero attached hydrogens (tertiary/aromatic N) is 2. The number of ether oxygens (including phenoxy) is 1. The Morgan fingerprint density at radius 3 is 2.69 bits per heavy atom. The molecule has 2 aliphatic rings. The number of hydrogen-bond donors (Lipinski definition) is 1. The van der Waals surface area contributed by atoms with E-state index in [1.807, 2.05) is 18.2 Å². The van der Waals surface area contributed by atoms with Gasteiger partial charge < -0.3 is 19.5 Å². The van der Waals surface area contributed by atoms with Crippen LogP contribution in [-0.4, -0.2) is 48.6 Å². The lowest BCUT2D eigenvalue weighted by Crippen LogP contribution is -2.47. The first kappa shape index (κ1) is 16.6. The molecule has 136 valence electrons. The zero-order valence-electron chi connectivity index (χ0n) is 14.6. The predicted molar refractivity (Wildman–Crippen MR) is 92.8 cm³/mol. The van der Waals surface area contributed by atoms with E-state index in [9.17, 15) is 9.59 Å². The molecule has 1 atom stereocenters. The summed E-state index contributed by atoms with van der Waals surface area (Å²) in [5.74, 6) is 0.457. The molecule has 7 heteroatoms. The Bertz CT molecular complexity index is 809. The Kier molecular flexibility index (Phi) is 4.14. The maximum Gasteiger partial charge on any atom is 0.292 e. The molecule has 2 aromatic rings. The van der Waals surface area contributed by atoms with Gasteiger partial charge in [0.05, 0.1) is 18.6 Å². The van der Waals surface area contributed by atoms with E-state index >= 15 is 0 Å². The van der Waals surface area contributed by atoms with Crippen molar-refractivity contribution in [2.75, 3.05) is 26.7 Å². The standard InChI is InChI=1S/C19H21N3O4/c1-25-16-11-15(26-21-16)17(23)22-9-7-19(8-10-22)14(12-20-18(19)24)13-5-3-2-4-6-13/h2-6,11,14H,7-10,12H2,1H3,(H,20,24). The molecule has 0 radical (unpaired) electrons. The third-order valence-corrected chi connectivity index (χ3v) is 5.64. The smallest absolute Gasteiger partial charge is 0.292 e. The van der Waals surface area contributed by atoms with Gasteiger partial charge in [0.1, 0.15) is 0 Å². The molecule has 2 aliphatic heterocycles. The number of piperidine rings is 1. The van der Waals surface area contributed by atoms with Crippen LogP contribution in [0.4, 0.5) is 0 Å². The van der Waals surface area contributed by atoms with E-state index in [0.717, 1.165) is 0 Å². The molecule has 1 aromatic heterocycles. The maximum atomic E-state index is 12.7. The topological polar surface area (TPSA) is 84.7 Å². The molecule has 1 unspecified atom stereocenters. The lowest BCUT2D eigenvalue weighted by atomic mass is 9.68. The van der Waals surface area contributed by atoms with Crippen LogP contribution in [0, 0.1) is 5.41 Å². The minimum atomic E-state index is -0.447. The van der Waals surface area contributed by atoms with Crippen molar-refractivity contribution in [2.45, 2.75) is 18.8 Å². The summed E-state index contributed by atoms with van der Waals surface area (Å²) in [7, 11) is 1.47. The molecule has 4 rings (SSSR count). The number of rotatable bonds is 3. The highest BCUT2D eigenvalue weighted by atomic mass is 16.5. The van der Waals surface area contributed by atoms with E-state index in [1.54, 1.807) is 4.90 Å². The number of aromatic nitrogens is 1. The Morgan fingerprint density at radius 2 is 2.04 bits per heavy atom. The second kappa shape index (κ2) is 6.48. The molecule has 7 nitrogen and oxygen atoms in total. The summed E-state index contributed by atoms with van der Waals surface area (Å²) in [6.07, 6.45) is 1.27. The van der Waals surface area contributed by atoms with Crippen LogP contribution in [-0.2, 0) is 4.79 Å². The number of nitrogens with one attached hydrogen (secondary N) is 1. The number of benzene rings is 1. The number of hydrogen-bond acceptors (Lipinski definition) is 5. The van der Waals surface area contributed by atoms with Crippen LogP contribution in [0.25, 0.3) is 0 Å². The predicted octanol–water partition coefficient (Wildman–Crippen LogP) is 1.82. The van der Waals surface area contributed by atoms with Gasteiger partial charge in [0.2, 0.25) is 11.7 Å². The summed E-state index contributed by atoms with van der Waals surface area (Å²) < 4.78 is 10.0. The molecular weight excluding hydrogens is 334 g/mol. The zero-order valence-corrected chi connectivity index (χ0v) is 14.6. The van der Waals surface area contributed by atoms with Crippen molar-refractivity contribution in [3.63, 3.8) is 0 Å². The molecular formula is C19H21N3O4. The monoisotopic (exact) mass is 355 g/mol. The van der Waals surface area contributed by atoms with Gasteiger partial charge >= 0.3 is 0 Å². The maximum absolute atomic E-state index is 12.7. The van der Waals surface area contributed by atoms with E-state index in [-0.39, 0.29) is 29.4 Å². The fourth-order valence-corrected chi connectivity index (χ4v) is 4.14. The molecule has 2 amide bonds. The van der Waals surface area contributed by atoms with Crippen LogP contribution in [0.1, 0.15) is 34.9 Å². The van der Waals surface area contributed by atoms with Gasteiger partial charge in [-0.05, 0) is 23.6 Å². The highest BCUT2D eigenvalue weighted by Gasteiger charge is 2.52. The van der Waals surface area contributed by atoms with Crippen molar-refractivity contribution in [1.82, 2.24) is 15.4 Å². The molecule has 1 aromatic carbocycles.